The largest absolute Gasteiger partial charge is 0.472 e. The van der Waals surface area contributed by atoms with Crippen LogP contribution < -0.4 is 4.74 Å². The van der Waals surface area contributed by atoms with Crippen LogP contribution in [0.1, 0.15) is 24.3 Å². The molecule has 1 aromatic carbocycles. The summed E-state index contributed by atoms with van der Waals surface area (Å²) in [7, 11) is 0. The Balaban J connectivity index is 1.33. The lowest BCUT2D eigenvalue weighted by Gasteiger charge is -2.17. The number of hydrogen-bond acceptors (Lipinski definition) is 3. The van der Waals surface area contributed by atoms with Crippen molar-refractivity contribution in [3.05, 3.63) is 60.3 Å². The van der Waals surface area contributed by atoms with Gasteiger partial charge in [-0.1, -0.05) is 36.4 Å². The average Bonchev–Trinajstić information content (AvgIpc) is 3.28. The number of amides is 1. The molecule has 0 bridgehead atoms. The van der Waals surface area contributed by atoms with Crippen LogP contribution in [-0.2, 0) is 4.79 Å². The predicted octanol–water partition coefficient (Wildman–Crippen LogP) is 2.87. The molecule has 4 rings (SSSR count). The third-order valence-corrected chi connectivity index (χ3v) is 4.72. The van der Waals surface area contributed by atoms with Crippen molar-refractivity contribution < 1.29 is 9.53 Å². The summed E-state index contributed by atoms with van der Waals surface area (Å²) >= 11 is 0. The second-order valence-electron chi connectivity index (χ2n) is 6.34. The number of hydrogen-bond donors (Lipinski definition) is 0. The van der Waals surface area contributed by atoms with Gasteiger partial charge in [0.05, 0.1) is 6.54 Å². The zero-order chi connectivity index (χ0) is 15.6. The molecule has 0 spiro atoms. The quantitative estimate of drug-likeness (QED) is 0.872. The van der Waals surface area contributed by atoms with Gasteiger partial charge in [0, 0.05) is 31.1 Å². The molecule has 1 saturated carbocycles. The van der Waals surface area contributed by atoms with Crippen molar-refractivity contribution in [3.8, 4) is 5.88 Å². The normalized spacial score (nSPS) is 26.1. The van der Waals surface area contributed by atoms with Crippen molar-refractivity contribution in [3.63, 3.8) is 0 Å². The van der Waals surface area contributed by atoms with Crippen LogP contribution in [0.3, 0.4) is 0 Å². The third-order valence-electron chi connectivity index (χ3n) is 4.72. The molecule has 1 aliphatic heterocycles. The molecule has 3 atom stereocenters. The van der Waals surface area contributed by atoms with E-state index >= 15 is 0 Å². The van der Waals surface area contributed by atoms with Gasteiger partial charge < -0.3 is 9.64 Å². The second kappa shape index (κ2) is 6.03. The Morgan fingerprint density at radius 2 is 1.96 bits per heavy atom. The van der Waals surface area contributed by atoms with E-state index in [1.54, 1.807) is 6.20 Å². The molecule has 2 fully saturated rings. The fourth-order valence-electron chi connectivity index (χ4n) is 3.38. The first kappa shape index (κ1) is 14.2. The molecule has 118 valence electrons. The monoisotopic (exact) mass is 308 g/mol. The summed E-state index contributed by atoms with van der Waals surface area (Å²) in [5, 5.41) is 0. The summed E-state index contributed by atoms with van der Waals surface area (Å²) in [6.07, 6.45) is 3.64. The van der Waals surface area contributed by atoms with Crippen LogP contribution in [0, 0.1) is 5.92 Å². The standard InChI is InChI=1S/C19H20N2O2/c22-19(17-12-16(17)14-6-2-1-3-7-14)21-11-9-15(13-21)23-18-8-4-5-10-20-18/h1-8,10,15-17H,9,11-13H2/t15-,16-,17-/m1/s1. The number of carbonyl (C=O) groups is 1. The Labute approximate surface area is 136 Å². The fourth-order valence-corrected chi connectivity index (χ4v) is 3.38. The minimum absolute atomic E-state index is 0.0581. The van der Waals surface area contributed by atoms with Crippen LogP contribution in [0.4, 0.5) is 0 Å². The SMILES string of the molecule is O=C([C@@H]1C[C@@H]1c1ccccc1)N1CC[C@@H](Oc2ccccn2)C1. The summed E-state index contributed by atoms with van der Waals surface area (Å²) in [5.74, 6) is 1.48. The van der Waals surface area contributed by atoms with Crippen LogP contribution in [0.25, 0.3) is 0 Å². The lowest BCUT2D eigenvalue weighted by atomic mass is 10.1. The lowest BCUT2D eigenvalue weighted by molar-refractivity contribution is -0.131. The maximum Gasteiger partial charge on any atom is 0.226 e. The first-order valence-corrected chi connectivity index (χ1v) is 8.22. The van der Waals surface area contributed by atoms with Crippen molar-refractivity contribution in [2.45, 2.75) is 24.9 Å². The van der Waals surface area contributed by atoms with E-state index in [0.29, 0.717) is 18.3 Å². The summed E-state index contributed by atoms with van der Waals surface area (Å²) < 4.78 is 5.86. The average molecular weight is 308 g/mol. The van der Waals surface area contributed by atoms with Gasteiger partial charge in [-0.25, -0.2) is 4.98 Å². The third kappa shape index (κ3) is 3.07. The number of ether oxygens (including phenoxy) is 1. The van der Waals surface area contributed by atoms with Crippen molar-refractivity contribution in [2.75, 3.05) is 13.1 Å². The molecule has 23 heavy (non-hydrogen) atoms. The Kier molecular flexibility index (Phi) is 3.74. The van der Waals surface area contributed by atoms with E-state index in [2.05, 4.69) is 17.1 Å². The molecule has 1 aromatic heterocycles. The molecule has 0 radical (unpaired) electrons. The molecule has 0 N–H and O–H groups in total. The highest BCUT2D eigenvalue weighted by molar-refractivity contribution is 5.83. The van der Waals surface area contributed by atoms with Gasteiger partial charge in [0.2, 0.25) is 11.8 Å². The summed E-state index contributed by atoms with van der Waals surface area (Å²) in [6, 6.07) is 16.0. The zero-order valence-electron chi connectivity index (χ0n) is 13.0. The van der Waals surface area contributed by atoms with E-state index in [-0.39, 0.29) is 17.9 Å². The molecule has 0 unspecified atom stereocenters. The van der Waals surface area contributed by atoms with Crippen molar-refractivity contribution >= 4 is 5.91 Å². The van der Waals surface area contributed by atoms with E-state index in [0.717, 1.165) is 19.4 Å². The summed E-state index contributed by atoms with van der Waals surface area (Å²) in [6.45, 7) is 1.46. The molecule has 4 heteroatoms. The van der Waals surface area contributed by atoms with E-state index in [4.69, 9.17) is 4.74 Å². The van der Waals surface area contributed by atoms with E-state index in [9.17, 15) is 4.79 Å². The molecule has 2 heterocycles. The summed E-state index contributed by atoms with van der Waals surface area (Å²) in [5.41, 5.74) is 1.28. The number of benzene rings is 1. The number of nitrogens with zero attached hydrogens (tertiary/aromatic N) is 2. The number of pyridine rings is 1. The van der Waals surface area contributed by atoms with Gasteiger partial charge in [-0.15, -0.1) is 0 Å². The number of rotatable bonds is 4. The second-order valence-corrected chi connectivity index (χ2v) is 6.34. The van der Waals surface area contributed by atoms with Crippen molar-refractivity contribution in [1.82, 2.24) is 9.88 Å². The molecule has 2 aliphatic rings. The smallest absolute Gasteiger partial charge is 0.226 e. The molecular weight excluding hydrogens is 288 g/mol. The topological polar surface area (TPSA) is 42.4 Å². The zero-order valence-corrected chi connectivity index (χ0v) is 13.0. The highest BCUT2D eigenvalue weighted by atomic mass is 16.5. The van der Waals surface area contributed by atoms with Gasteiger partial charge in [0.15, 0.2) is 0 Å². The molecule has 1 saturated heterocycles. The molecule has 2 aromatic rings. The van der Waals surface area contributed by atoms with Crippen LogP contribution in [-0.4, -0.2) is 35.0 Å². The number of likely N-dealkylation sites (tertiary alicyclic amines) is 1. The molecule has 1 aliphatic carbocycles. The van der Waals surface area contributed by atoms with E-state index in [1.807, 2.05) is 41.3 Å². The van der Waals surface area contributed by atoms with E-state index in [1.165, 1.54) is 5.56 Å². The van der Waals surface area contributed by atoms with Crippen LogP contribution in [0.5, 0.6) is 5.88 Å². The number of carbonyl (C=O) groups excluding carboxylic acids is 1. The van der Waals surface area contributed by atoms with Crippen LogP contribution >= 0.6 is 0 Å². The van der Waals surface area contributed by atoms with Gasteiger partial charge >= 0.3 is 0 Å². The highest BCUT2D eigenvalue weighted by Gasteiger charge is 2.46. The lowest BCUT2D eigenvalue weighted by Crippen LogP contribution is -2.32. The Morgan fingerprint density at radius 3 is 2.74 bits per heavy atom. The van der Waals surface area contributed by atoms with Gasteiger partial charge in [0.1, 0.15) is 6.10 Å². The predicted molar refractivity (Wildman–Crippen MR) is 87.1 cm³/mol. The fraction of sp³-hybridized carbons (Fsp3) is 0.368. The Hall–Kier alpha value is -2.36. The summed E-state index contributed by atoms with van der Waals surface area (Å²) in [4.78, 5) is 18.8. The van der Waals surface area contributed by atoms with Gasteiger partial charge in [0.25, 0.3) is 0 Å². The Morgan fingerprint density at radius 1 is 1.13 bits per heavy atom. The molecule has 1 amide bonds. The van der Waals surface area contributed by atoms with Gasteiger partial charge in [-0.05, 0) is 24.0 Å². The van der Waals surface area contributed by atoms with Crippen molar-refractivity contribution in [2.24, 2.45) is 5.92 Å². The van der Waals surface area contributed by atoms with Crippen LogP contribution in [0.15, 0.2) is 54.7 Å². The van der Waals surface area contributed by atoms with Gasteiger partial charge in [-0.3, -0.25) is 4.79 Å². The highest BCUT2D eigenvalue weighted by Crippen LogP contribution is 2.48. The molecular formula is C19H20N2O2. The first-order valence-electron chi connectivity index (χ1n) is 8.22. The first-order chi connectivity index (χ1) is 11.3. The molecule has 4 nitrogen and oxygen atoms in total. The van der Waals surface area contributed by atoms with Gasteiger partial charge in [-0.2, -0.15) is 0 Å². The Bertz CT molecular complexity index is 674. The van der Waals surface area contributed by atoms with Crippen LogP contribution in [0.2, 0.25) is 0 Å². The number of aromatic nitrogens is 1. The minimum atomic E-state index is 0.0581. The van der Waals surface area contributed by atoms with E-state index < -0.39 is 0 Å². The maximum atomic E-state index is 12.6. The minimum Gasteiger partial charge on any atom is -0.472 e. The maximum absolute atomic E-state index is 12.6. The van der Waals surface area contributed by atoms with Crippen molar-refractivity contribution in [1.29, 1.82) is 0 Å².